The van der Waals surface area contributed by atoms with Crippen LogP contribution in [0.25, 0.3) is 0 Å². The average molecular weight is 283 g/mol. The Balaban J connectivity index is 2.20. The molecule has 5 nitrogen and oxygen atoms in total. The van der Waals surface area contributed by atoms with E-state index in [0.717, 1.165) is 12.0 Å². The molecule has 0 spiro atoms. The van der Waals surface area contributed by atoms with E-state index in [-0.39, 0.29) is 10.4 Å². The lowest BCUT2D eigenvalue weighted by Gasteiger charge is -2.19. The van der Waals surface area contributed by atoms with Crippen LogP contribution in [0.4, 0.5) is 0 Å². The maximum atomic E-state index is 12.4. The number of aromatic nitrogens is 1. The molecule has 1 fully saturated rings. The number of rotatable bonds is 4. The van der Waals surface area contributed by atoms with Gasteiger partial charge in [-0.25, -0.2) is 13.4 Å². The minimum Gasteiger partial charge on any atom is -0.316 e. The van der Waals surface area contributed by atoms with E-state index in [1.165, 1.54) is 4.31 Å². The number of sulfonamides is 1. The van der Waals surface area contributed by atoms with Crippen molar-refractivity contribution < 1.29 is 8.42 Å². The summed E-state index contributed by atoms with van der Waals surface area (Å²) in [4.78, 5) is 4.09. The average Bonchev–Trinajstić information content (AvgIpc) is 2.71. The fraction of sp³-hybridized carbons (Fsp3) is 0.615. The van der Waals surface area contributed by atoms with Gasteiger partial charge >= 0.3 is 0 Å². The van der Waals surface area contributed by atoms with Gasteiger partial charge in [0, 0.05) is 25.8 Å². The number of hydrogen-bond acceptors (Lipinski definition) is 4. The van der Waals surface area contributed by atoms with E-state index >= 15 is 0 Å². The summed E-state index contributed by atoms with van der Waals surface area (Å²) < 4.78 is 26.4. The molecule has 19 heavy (non-hydrogen) atoms. The normalized spacial score (nSPS) is 19.7. The minimum absolute atomic E-state index is 0.0547. The highest BCUT2D eigenvalue weighted by molar-refractivity contribution is 7.89. The van der Waals surface area contributed by atoms with Gasteiger partial charge in [-0.15, -0.1) is 0 Å². The molecule has 0 aliphatic carbocycles. The van der Waals surface area contributed by atoms with Crippen LogP contribution in [0.5, 0.6) is 0 Å². The SMILES string of the molecule is CNCc1ccc(S(=O)(=O)N2CCC(C)(C)C2)nc1. The zero-order chi connectivity index (χ0) is 14.1. The summed E-state index contributed by atoms with van der Waals surface area (Å²) in [5.41, 5.74) is 1.03. The Morgan fingerprint density at radius 1 is 1.42 bits per heavy atom. The lowest BCUT2D eigenvalue weighted by atomic mass is 9.93. The molecule has 0 saturated carbocycles. The van der Waals surface area contributed by atoms with E-state index in [4.69, 9.17) is 0 Å². The molecule has 0 atom stereocenters. The highest BCUT2D eigenvalue weighted by atomic mass is 32.2. The first kappa shape index (κ1) is 14.4. The molecule has 1 aromatic rings. The zero-order valence-electron chi connectivity index (χ0n) is 11.7. The Morgan fingerprint density at radius 3 is 2.63 bits per heavy atom. The Hall–Kier alpha value is -0.980. The van der Waals surface area contributed by atoms with Crippen molar-refractivity contribution in [1.82, 2.24) is 14.6 Å². The predicted molar refractivity (Wildman–Crippen MR) is 74.2 cm³/mol. The van der Waals surface area contributed by atoms with Crippen LogP contribution >= 0.6 is 0 Å². The Kier molecular flexibility index (Phi) is 3.94. The summed E-state index contributed by atoms with van der Waals surface area (Å²) in [5, 5.41) is 3.15. The van der Waals surface area contributed by atoms with Crippen LogP contribution in [-0.2, 0) is 16.6 Å². The monoisotopic (exact) mass is 283 g/mol. The largest absolute Gasteiger partial charge is 0.316 e. The third-order valence-corrected chi connectivity index (χ3v) is 5.19. The van der Waals surface area contributed by atoms with Crippen LogP contribution in [0, 0.1) is 5.41 Å². The van der Waals surface area contributed by atoms with Crippen molar-refractivity contribution in [3.8, 4) is 0 Å². The lowest BCUT2D eigenvalue weighted by molar-refractivity contribution is 0.375. The van der Waals surface area contributed by atoms with Crippen LogP contribution in [0.3, 0.4) is 0 Å². The molecule has 1 aromatic heterocycles. The van der Waals surface area contributed by atoms with Gasteiger partial charge in [0.2, 0.25) is 0 Å². The van der Waals surface area contributed by atoms with Gasteiger partial charge in [-0.3, -0.25) is 0 Å². The first-order valence-electron chi connectivity index (χ1n) is 6.45. The van der Waals surface area contributed by atoms with E-state index in [1.807, 2.05) is 7.05 Å². The predicted octanol–water partition coefficient (Wildman–Crippen LogP) is 1.22. The molecule has 1 aliphatic heterocycles. The van der Waals surface area contributed by atoms with Crippen LogP contribution in [0.1, 0.15) is 25.8 Å². The van der Waals surface area contributed by atoms with Gasteiger partial charge in [0.1, 0.15) is 0 Å². The third kappa shape index (κ3) is 3.13. The molecular weight excluding hydrogens is 262 g/mol. The fourth-order valence-electron chi connectivity index (χ4n) is 2.27. The number of pyridine rings is 1. The van der Waals surface area contributed by atoms with E-state index in [2.05, 4.69) is 24.1 Å². The van der Waals surface area contributed by atoms with Gasteiger partial charge in [-0.1, -0.05) is 19.9 Å². The van der Waals surface area contributed by atoms with Crippen molar-refractivity contribution >= 4 is 10.0 Å². The van der Waals surface area contributed by atoms with Crippen molar-refractivity contribution in [2.75, 3.05) is 20.1 Å². The standard InChI is InChI=1S/C13H21N3O2S/c1-13(2)6-7-16(10-13)19(17,18)12-5-4-11(8-14-3)9-15-12/h4-5,9,14H,6-8,10H2,1-3H3. The summed E-state index contributed by atoms with van der Waals surface area (Å²) in [6.07, 6.45) is 2.51. The highest BCUT2D eigenvalue weighted by Crippen LogP contribution is 2.32. The maximum absolute atomic E-state index is 12.4. The second-order valence-electron chi connectivity index (χ2n) is 5.79. The van der Waals surface area contributed by atoms with Gasteiger partial charge in [0.15, 0.2) is 5.03 Å². The molecule has 0 amide bonds. The van der Waals surface area contributed by atoms with Crippen molar-refractivity contribution in [3.63, 3.8) is 0 Å². The van der Waals surface area contributed by atoms with Crippen molar-refractivity contribution in [1.29, 1.82) is 0 Å². The molecular formula is C13H21N3O2S. The molecule has 2 heterocycles. The second-order valence-corrected chi connectivity index (χ2v) is 7.67. The lowest BCUT2D eigenvalue weighted by Crippen LogP contribution is -2.31. The van der Waals surface area contributed by atoms with E-state index in [0.29, 0.717) is 19.6 Å². The molecule has 1 N–H and O–H groups in total. The highest BCUT2D eigenvalue weighted by Gasteiger charge is 2.37. The molecule has 0 bridgehead atoms. The molecule has 0 unspecified atom stereocenters. The van der Waals surface area contributed by atoms with Gasteiger partial charge in [0.25, 0.3) is 10.0 Å². The molecule has 2 rings (SSSR count). The van der Waals surface area contributed by atoms with Gasteiger partial charge in [-0.05, 0) is 30.5 Å². The summed E-state index contributed by atoms with van der Waals surface area (Å²) in [6, 6.07) is 3.39. The number of hydrogen-bond donors (Lipinski definition) is 1. The molecule has 1 aliphatic rings. The van der Waals surface area contributed by atoms with Crippen LogP contribution in [0.2, 0.25) is 0 Å². The van der Waals surface area contributed by atoms with E-state index in [1.54, 1.807) is 18.3 Å². The van der Waals surface area contributed by atoms with Crippen LogP contribution in [-0.4, -0.2) is 37.8 Å². The zero-order valence-corrected chi connectivity index (χ0v) is 12.5. The minimum atomic E-state index is -3.44. The summed E-state index contributed by atoms with van der Waals surface area (Å²) in [6.45, 7) is 6.01. The topological polar surface area (TPSA) is 62.3 Å². The first-order chi connectivity index (χ1) is 8.85. The van der Waals surface area contributed by atoms with Gasteiger partial charge in [-0.2, -0.15) is 4.31 Å². The quantitative estimate of drug-likeness (QED) is 0.902. The Morgan fingerprint density at radius 2 is 2.16 bits per heavy atom. The summed E-state index contributed by atoms with van der Waals surface area (Å²) >= 11 is 0. The Bertz CT molecular complexity index is 538. The van der Waals surface area contributed by atoms with Crippen molar-refractivity contribution in [2.24, 2.45) is 5.41 Å². The first-order valence-corrected chi connectivity index (χ1v) is 7.89. The number of nitrogens with zero attached hydrogens (tertiary/aromatic N) is 2. The van der Waals surface area contributed by atoms with Crippen molar-refractivity contribution in [2.45, 2.75) is 31.8 Å². The van der Waals surface area contributed by atoms with E-state index < -0.39 is 10.0 Å². The smallest absolute Gasteiger partial charge is 0.260 e. The molecule has 0 aromatic carbocycles. The van der Waals surface area contributed by atoms with Gasteiger partial charge < -0.3 is 5.32 Å². The van der Waals surface area contributed by atoms with Crippen LogP contribution < -0.4 is 5.32 Å². The molecule has 1 saturated heterocycles. The number of nitrogens with one attached hydrogen (secondary N) is 1. The third-order valence-electron chi connectivity index (χ3n) is 3.43. The second kappa shape index (κ2) is 5.19. The maximum Gasteiger partial charge on any atom is 0.260 e. The Labute approximate surface area is 115 Å². The van der Waals surface area contributed by atoms with Crippen LogP contribution in [0.15, 0.2) is 23.4 Å². The van der Waals surface area contributed by atoms with Crippen molar-refractivity contribution in [3.05, 3.63) is 23.9 Å². The summed E-state index contributed by atoms with van der Waals surface area (Å²) in [5.74, 6) is 0. The molecule has 0 radical (unpaired) electrons. The molecule has 106 valence electrons. The molecule has 6 heteroatoms. The summed E-state index contributed by atoms with van der Waals surface area (Å²) in [7, 11) is -1.60. The van der Waals surface area contributed by atoms with E-state index in [9.17, 15) is 8.42 Å². The van der Waals surface area contributed by atoms with Gasteiger partial charge in [0.05, 0.1) is 0 Å². The fourth-order valence-corrected chi connectivity index (χ4v) is 3.81.